The molecule has 2 aromatic rings. The van der Waals surface area contributed by atoms with Crippen LogP contribution in [0, 0.1) is 0 Å². The molecule has 0 aliphatic carbocycles. The molecule has 0 fully saturated rings. The quantitative estimate of drug-likeness (QED) is 0.855. The molecule has 1 aliphatic heterocycles. The van der Waals surface area contributed by atoms with Gasteiger partial charge in [0, 0.05) is 24.0 Å². The molecule has 2 N–H and O–H groups in total. The van der Waals surface area contributed by atoms with E-state index in [4.69, 9.17) is 11.6 Å². The molecule has 0 saturated heterocycles. The second kappa shape index (κ2) is 7.16. The Morgan fingerprint density at radius 1 is 1.25 bits per heavy atom. The summed E-state index contributed by atoms with van der Waals surface area (Å²) in [5, 5.41) is 3.45. The minimum absolute atomic E-state index is 0.134. The molecule has 24 heavy (non-hydrogen) atoms. The highest BCUT2D eigenvalue weighted by Crippen LogP contribution is 2.14. The number of aromatic nitrogens is 1. The van der Waals surface area contributed by atoms with Crippen molar-refractivity contribution in [3.8, 4) is 0 Å². The summed E-state index contributed by atoms with van der Waals surface area (Å²) in [7, 11) is -3.68. The van der Waals surface area contributed by atoms with E-state index in [1.165, 1.54) is 24.3 Å². The molecule has 0 radical (unpaired) electrons. The monoisotopic (exact) mass is 365 g/mol. The molecule has 0 amide bonds. The number of sulfonamides is 1. The molecular weight excluding hydrogens is 350 g/mol. The Hall–Kier alpha value is -2.16. The smallest absolute Gasteiger partial charge is 0.264 e. The molecule has 1 aromatic heterocycles. The van der Waals surface area contributed by atoms with E-state index >= 15 is 0 Å². The van der Waals surface area contributed by atoms with Gasteiger partial charge in [-0.15, -0.1) is 0 Å². The second-order valence-corrected chi connectivity index (χ2v) is 7.35. The predicted octanol–water partition coefficient (Wildman–Crippen LogP) is 1.39. The molecule has 0 atom stereocenters. The Morgan fingerprint density at radius 3 is 2.67 bits per heavy atom. The van der Waals surface area contributed by atoms with E-state index in [1.807, 2.05) is 17.0 Å². The fourth-order valence-corrected chi connectivity index (χ4v) is 3.32. The fraction of sp³-hybridized carbons (Fsp3) is 0.200. The third-order valence-corrected chi connectivity index (χ3v) is 4.99. The van der Waals surface area contributed by atoms with Gasteiger partial charge < -0.3 is 5.32 Å². The summed E-state index contributed by atoms with van der Waals surface area (Å²) in [6.07, 6.45) is 3.52. The lowest BCUT2D eigenvalue weighted by molar-refractivity contribution is 0.255. The number of nitrogens with zero attached hydrogens (tertiary/aromatic N) is 3. The average Bonchev–Trinajstić information content (AvgIpc) is 2.58. The lowest BCUT2D eigenvalue weighted by Gasteiger charge is -2.26. The van der Waals surface area contributed by atoms with Crippen molar-refractivity contribution in [1.29, 1.82) is 0 Å². The van der Waals surface area contributed by atoms with Crippen LogP contribution in [0.15, 0.2) is 58.7 Å². The van der Waals surface area contributed by atoms with E-state index < -0.39 is 10.0 Å². The van der Waals surface area contributed by atoms with Crippen molar-refractivity contribution in [2.75, 3.05) is 13.3 Å². The van der Waals surface area contributed by atoms with Crippen molar-refractivity contribution in [3.05, 3.63) is 59.4 Å². The topological polar surface area (TPSA) is 86.7 Å². The van der Waals surface area contributed by atoms with Crippen LogP contribution in [0.4, 0.5) is 0 Å². The van der Waals surface area contributed by atoms with Gasteiger partial charge in [-0.05, 0) is 35.9 Å². The van der Waals surface area contributed by atoms with Gasteiger partial charge in [0.1, 0.15) is 0 Å². The summed E-state index contributed by atoms with van der Waals surface area (Å²) in [4.78, 5) is 10.5. The molecule has 9 heteroatoms. The molecule has 0 spiro atoms. The SMILES string of the molecule is O=S(=O)(NC1=NCN(Cc2cccnc2)CN1)c1ccc(Cl)cc1. The van der Waals surface area contributed by atoms with Gasteiger partial charge in [0.2, 0.25) is 5.96 Å². The van der Waals surface area contributed by atoms with Gasteiger partial charge in [0.05, 0.1) is 18.2 Å². The highest BCUT2D eigenvalue weighted by molar-refractivity contribution is 7.90. The summed E-state index contributed by atoms with van der Waals surface area (Å²) >= 11 is 5.77. The molecule has 0 saturated carbocycles. The first-order chi connectivity index (χ1) is 11.5. The van der Waals surface area contributed by atoms with Crippen LogP contribution in [0.5, 0.6) is 0 Å². The van der Waals surface area contributed by atoms with Crippen LogP contribution in [-0.4, -0.2) is 37.6 Å². The van der Waals surface area contributed by atoms with Crippen LogP contribution in [-0.2, 0) is 16.6 Å². The third-order valence-electron chi connectivity index (χ3n) is 3.38. The molecular formula is C15H16ClN5O2S. The van der Waals surface area contributed by atoms with Crippen molar-refractivity contribution in [2.45, 2.75) is 11.4 Å². The molecule has 7 nitrogen and oxygen atoms in total. The van der Waals surface area contributed by atoms with Crippen LogP contribution in [0.3, 0.4) is 0 Å². The number of aliphatic imine (C=N–C) groups is 1. The number of rotatable bonds is 4. The Labute approximate surface area is 145 Å². The Balaban J connectivity index is 1.62. The first-order valence-corrected chi connectivity index (χ1v) is 9.07. The van der Waals surface area contributed by atoms with Crippen LogP contribution in [0.2, 0.25) is 5.02 Å². The lowest BCUT2D eigenvalue weighted by Crippen LogP contribution is -2.49. The van der Waals surface area contributed by atoms with E-state index in [-0.39, 0.29) is 10.9 Å². The Kier molecular flexibility index (Phi) is 4.98. The largest absolute Gasteiger partial charge is 0.343 e. The van der Waals surface area contributed by atoms with Gasteiger partial charge in [-0.2, -0.15) is 0 Å². The Morgan fingerprint density at radius 2 is 2.04 bits per heavy atom. The highest BCUT2D eigenvalue weighted by atomic mass is 35.5. The molecule has 3 rings (SSSR count). The van der Waals surface area contributed by atoms with E-state index in [1.54, 1.807) is 12.4 Å². The molecule has 2 heterocycles. The summed E-state index contributed by atoms with van der Waals surface area (Å²) in [5.74, 6) is 0.229. The van der Waals surface area contributed by atoms with Gasteiger partial charge in [-0.3, -0.25) is 9.88 Å². The zero-order valence-corrected chi connectivity index (χ0v) is 14.3. The number of pyridine rings is 1. The zero-order chi connectivity index (χ0) is 17.0. The minimum atomic E-state index is -3.68. The van der Waals surface area contributed by atoms with Crippen molar-refractivity contribution in [1.82, 2.24) is 19.9 Å². The van der Waals surface area contributed by atoms with Gasteiger partial charge in [-0.25, -0.2) is 18.1 Å². The minimum Gasteiger partial charge on any atom is -0.343 e. The highest BCUT2D eigenvalue weighted by Gasteiger charge is 2.19. The summed E-state index contributed by atoms with van der Waals surface area (Å²) in [6.45, 7) is 1.55. The van der Waals surface area contributed by atoms with Crippen molar-refractivity contribution < 1.29 is 8.42 Å². The average molecular weight is 366 g/mol. The number of nitrogens with one attached hydrogen (secondary N) is 2. The van der Waals surface area contributed by atoms with Gasteiger partial charge in [-0.1, -0.05) is 17.7 Å². The van der Waals surface area contributed by atoms with Gasteiger partial charge >= 0.3 is 0 Å². The second-order valence-electron chi connectivity index (χ2n) is 5.23. The van der Waals surface area contributed by atoms with Crippen molar-refractivity contribution in [3.63, 3.8) is 0 Å². The Bertz CT molecular complexity index is 825. The van der Waals surface area contributed by atoms with E-state index in [9.17, 15) is 8.42 Å². The predicted molar refractivity (Wildman–Crippen MR) is 91.9 cm³/mol. The van der Waals surface area contributed by atoms with Gasteiger partial charge in [0.15, 0.2) is 0 Å². The van der Waals surface area contributed by atoms with E-state index in [0.717, 1.165) is 5.56 Å². The van der Waals surface area contributed by atoms with Crippen LogP contribution >= 0.6 is 11.6 Å². The molecule has 0 unspecified atom stereocenters. The first kappa shape index (κ1) is 16.7. The number of halogens is 1. The normalized spacial score (nSPS) is 15.5. The maximum atomic E-state index is 12.3. The lowest BCUT2D eigenvalue weighted by atomic mass is 10.3. The zero-order valence-electron chi connectivity index (χ0n) is 12.7. The van der Waals surface area contributed by atoms with E-state index in [2.05, 4.69) is 20.0 Å². The third kappa shape index (κ3) is 4.22. The summed E-state index contributed by atoms with van der Waals surface area (Å²) in [6, 6.07) is 9.81. The molecule has 1 aliphatic rings. The maximum Gasteiger partial charge on any atom is 0.264 e. The summed E-state index contributed by atoms with van der Waals surface area (Å²) < 4.78 is 27.0. The number of hydrogen-bond donors (Lipinski definition) is 2. The first-order valence-electron chi connectivity index (χ1n) is 7.21. The van der Waals surface area contributed by atoms with E-state index in [0.29, 0.717) is 24.9 Å². The van der Waals surface area contributed by atoms with Crippen LogP contribution in [0.1, 0.15) is 5.56 Å². The molecule has 1 aromatic carbocycles. The van der Waals surface area contributed by atoms with Crippen molar-refractivity contribution in [2.24, 2.45) is 4.99 Å². The van der Waals surface area contributed by atoms with Crippen LogP contribution in [0.25, 0.3) is 0 Å². The van der Waals surface area contributed by atoms with Crippen LogP contribution < -0.4 is 10.0 Å². The van der Waals surface area contributed by atoms with Crippen molar-refractivity contribution >= 4 is 27.6 Å². The standard InChI is InChI=1S/C15H16ClN5O2S/c16-13-3-5-14(6-4-13)24(22,23)20-15-18-10-21(11-19-15)9-12-2-1-7-17-8-12/h1-8H,9-11H2,(H2,18,19,20). The molecule has 0 bridgehead atoms. The van der Waals surface area contributed by atoms with Gasteiger partial charge in [0.25, 0.3) is 10.0 Å². The number of hydrogen-bond acceptors (Lipinski definition) is 6. The number of guanidine groups is 1. The number of benzene rings is 1. The maximum absolute atomic E-state index is 12.3. The fourth-order valence-electron chi connectivity index (χ4n) is 2.19. The molecule has 126 valence electrons. The summed E-state index contributed by atoms with van der Waals surface area (Å²) in [5.41, 5.74) is 1.07.